The molecule has 0 radical (unpaired) electrons. The lowest BCUT2D eigenvalue weighted by molar-refractivity contribution is 0.0887. The molecule has 0 aliphatic carbocycles. The molecule has 1 aromatic carbocycles. The molecule has 0 aliphatic rings. The van der Waals surface area contributed by atoms with Crippen molar-refractivity contribution in [3.63, 3.8) is 0 Å². The van der Waals surface area contributed by atoms with E-state index in [0.717, 1.165) is 0 Å². The first-order chi connectivity index (χ1) is 8.58. The molecule has 0 spiro atoms. The third-order valence-electron chi connectivity index (χ3n) is 2.32. The van der Waals surface area contributed by atoms with Gasteiger partial charge < -0.3 is 5.32 Å². The first-order valence-corrected chi connectivity index (χ1v) is 5.57. The predicted octanol–water partition coefficient (Wildman–Crippen LogP) is 2.88. The Morgan fingerprint density at radius 2 is 2.11 bits per heavy atom. The number of rotatable bonds is 3. The fraction of sp³-hybridized carbons (Fsp3) is 0.167. The van der Waals surface area contributed by atoms with Crippen LogP contribution in [-0.4, -0.2) is 23.9 Å². The molecule has 1 N–H and O–H groups in total. The molecule has 0 aliphatic heterocycles. The molecule has 18 heavy (non-hydrogen) atoms. The summed E-state index contributed by atoms with van der Waals surface area (Å²) >= 11 is 6.00. The molecule has 0 bridgehead atoms. The number of nitrogens with zero attached hydrogens (tertiary/aromatic N) is 1. The van der Waals surface area contributed by atoms with E-state index in [0.29, 0.717) is 15.9 Å². The minimum absolute atomic E-state index is 0.0272. The smallest absolute Gasteiger partial charge is 0.270 e. The minimum atomic E-state index is -2.59. The highest BCUT2D eigenvalue weighted by atomic mass is 35.5. The highest BCUT2D eigenvalue weighted by Crippen LogP contribution is 2.22. The van der Waals surface area contributed by atoms with Crippen LogP contribution in [0.2, 0.25) is 5.02 Å². The number of carbonyl (C=O) groups is 1. The van der Waals surface area contributed by atoms with Crippen molar-refractivity contribution in [2.24, 2.45) is 0 Å². The monoisotopic (exact) mass is 270 g/mol. The zero-order valence-corrected chi connectivity index (χ0v) is 9.92. The van der Waals surface area contributed by atoms with Crippen LogP contribution < -0.4 is 5.32 Å². The number of pyridine rings is 1. The molecule has 1 amide bonds. The molecule has 0 unspecified atom stereocenters. The van der Waals surface area contributed by atoms with Gasteiger partial charge in [-0.25, -0.2) is 13.8 Å². The van der Waals surface area contributed by atoms with Gasteiger partial charge >= 0.3 is 0 Å². The molecular formula is C12H9ClF2N2O. The van der Waals surface area contributed by atoms with Crippen molar-refractivity contribution in [3.8, 4) is 0 Å². The van der Waals surface area contributed by atoms with Crippen LogP contribution in [0.4, 0.5) is 8.78 Å². The van der Waals surface area contributed by atoms with E-state index in [1.807, 2.05) is 0 Å². The summed E-state index contributed by atoms with van der Waals surface area (Å²) in [6.07, 6.45) is -2.59. The van der Waals surface area contributed by atoms with Gasteiger partial charge in [0.1, 0.15) is 5.69 Å². The Bertz CT molecular complexity index is 589. The number of amides is 1. The highest BCUT2D eigenvalue weighted by Gasteiger charge is 2.12. The normalized spacial score (nSPS) is 10.9. The molecule has 0 saturated carbocycles. The van der Waals surface area contributed by atoms with Crippen LogP contribution >= 0.6 is 11.6 Å². The summed E-state index contributed by atoms with van der Waals surface area (Å²) in [5.41, 5.74) is 0.576. The van der Waals surface area contributed by atoms with Gasteiger partial charge in [0, 0.05) is 5.39 Å². The maximum Gasteiger partial charge on any atom is 0.270 e. The Labute approximate surface area is 107 Å². The molecule has 1 heterocycles. The molecule has 2 aromatic rings. The van der Waals surface area contributed by atoms with Crippen LogP contribution in [0, 0.1) is 0 Å². The molecular weight excluding hydrogens is 262 g/mol. The van der Waals surface area contributed by atoms with E-state index in [1.54, 1.807) is 24.3 Å². The van der Waals surface area contributed by atoms with E-state index < -0.39 is 18.9 Å². The van der Waals surface area contributed by atoms with Crippen LogP contribution in [0.1, 0.15) is 10.5 Å². The Kier molecular flexibility index (Phi) is 3.72. The zero-order chi connectivity index (χ0) is 13.1. The van der Waals surface area contributed by atoms with Crippen molar-refractivity contribution in [1.29, 1.82) is 0 Å². The maximum atomic E-state index is 12.0. The van der Waals surface area contributed by atoms with Gasteiger partial charge in [0.25, 0.3) is 12.3 Å². The van der Waals surface area contributed by atoms with Gasteiger partial charge in [-0.3, -0.25) is 4.79 Å². The Morgan fingerprint density at radius 3 is 2.83 bits per heavy atom. The van der Waals surface area contributed by atoms with Gasteiger partial charge in [0.05, 0.1) is 17.1 Å². The van der Waals surface area contributed by atoms with E-state index in [2.05, 4.69) is 10.3 Å². The lowest BCUT2D eigenvalue weighted by atomic mass is 10.2. The summed E-state index contributed by atoms with van der Waals surface area (Å²) in [5, 5.41) is 3.16. The lowest BCUT2D eigenvalue weighted by Crippen LogP contribution is -2.29. The van der Waals surface area contributed by atoms with E-state index in [-0.39, 0.29) is 5.69 Å². The van der Waals surface area contributed by atoms with Gasteiger partial charge in [-0.1, -0.05) is 29.8 Å². The van der Waals surface area contributed by atoms with Crippen molar-refractivity contribution < 1.29 is 13.6 Å². The van der Waals surface area contributed by atoms with Crippen molar-refractivity contribution in [2.75, 3.05) is 6.54 Å². The van der Waals surface area contributed by atoms with Crippen LogP contribution in [0.3, 0.4) is 0 Å². The average molecular weight is 271 g/mol. The largest absolute Gasteiger partial charge is 0.345 e. The third-order valence-corrected chi connectivity index (χ3v) is 2.63. The SMILES string of the molecule is O=C(NCC(F)F)c1cc(Cl)c2ccccc2n1. The van der Waals surface area contributed by atoms with Crippen LogP contribution in [0.15, 0.2) is 30.3 Å². The number of para-hydroxylation sites is 1. The maximum absolute atomic E-state index is 12.0. The molecule has 0 atom stereocenters. The minimum Gasteiger partial charge on any atom is -0.345 e. The second-order valence-electron chi connectivity index (χ2n) is 3.61. The summed E-state index contributed by atoms with van der Waals surface area (Å²) in [6, 6.07) is 8.39. The number of fused-ring (bicyclic) bond motifs is 1. The summed E-state index contributed by atoms with van der Waals surface area (Å²) in [5.74, 6) is -0.664. The first-order valence-electron chi connectivity index (χ1n) is 5.19. The molecule has 2 rings (SSSR count). The molecule has 0 saturated heterocycles. The van der Waals surface area contributed by atoms with E-state index in [1.165, 1.54) is 6.07 Å². The van der Waals surface area contributed by atoms with Crippen molar-refractivity contribution in [1.82, 2.24) is 10.3 Å². The van der Waals surface area contributed by atoms with Gasteiger partial charge in [0.15, 0.2) is 0 Å². The van der Waals surface area contributed by atoms with E-state index in [9.17, 15) is 13.6 Å². The second kappa shape index (κ2) is 5.27. The summed E-state index contributed by atoms with van der Waals surface area (Å²) in [6.45, 7) is -0.703. The number of aromatic nitrogens is 1. The fourth-order valence-corrected chi connectivity index (χ4v) is 1.77. The predicted molar refractivity (Wildman–Crippen MR) is 65.1 cm³/mol. The second-order valence-corrected chi connectivity index (χ2v) is 4.01. The Morgan fingerprint density at radius 1 is 1.39 bits per heavy atom. The third kappa shape index (κ3) is 2.73. The Balaban J connectivity index is 2.31. The summed E-state index contributed by atoms with van der Waals surface area (Å²) in [4.78, 5) is 15.7. The number of benzene rings is 1. The standard InChI is InChI=1S/C12H9ClF2N2O/c13-8-5-10(12(18)16-6-11(14)15)17-9-4-2-1-3-7(8)9/h1-5,11H,6H2,(H,16,18). The van der Waals surface area contributed by atoms with Crippen LogP contribution in [0.5, 0.6) is 0 Å². The topological polar surface area (TPSA) is 42.0 Å². The number of nitrogens with one attached hydrogen (secondary N) is 1. The number of halogens is 3. The lowest BCUT2D eigenvalue weighted by Gasteiger charge is -2.06. The van der Waals surface area contributed by atoms with E-state index in [4.69, 9.17) is 11.6 Å². The van der Waals surface area contributed by atoms with E-state index >= 15 is 0 Å². The van der Waals surface area contributed by atoms with Crippen molar-refractivity contribution >= 4 is 28.4 Å². The number of carbonyl (C=O) groups excluding carboxylic acids is 1. The molecule has 1 aromatic heterocycles. The zero-order valence-electron chi connectivity index (χ0n) is 9.16. The molecule has 3 nitrogen and oxygen atoms in total. The van der Waals surface area contributed by atoms with Crippen LogP contribution in [0.25, 0.3) is 10.9 Å². The quantitative estimate of drug-likeness (QED) is 0.932. The summed E-state index contributed by atoms with van der Waals surface area (Å²) in [7, 11) is 0. The Hall–Kier alpha value is -1.75. The molecule has 0 fully saturated rings. The molecule has 6 heteroatoms. The number of alkyl halides is 2. The van der Waals surface area contributed by atoms with Gasteiger partial charge in [-0.2, -0.15) is 0 Å². The van der Waals surface area contributed by atoms with Gasteiger partial charge in [0.2, 0.25) is 0 Å². The fourth-order valence-electron chi connectivity index (χ4n) is 1.51. The van der Waals surface area contributed by atoms with Gasteiger partial charge in [-0.05, 0) is 12.1 Å². The first kappa shape index (κ1) is 12.7. The van der Waals surface area contributed by atoms with Crippen molar-refractivity contribution in [2.45, 2.75) is 6.43 Å². The highest BCUT2D eigenvalue weighted by molar-refractivity contribution is 6.35. The number of hydrogen-bond acceptors (Lipinski definition) is 2. The van der Waals surface area contributed by atoms with Crippen molar-refractivity contribution in [3.05, 3.63) is 41.0 Å². The molecule has 94 valence electrons. The average Bonchev–Trinajstić information content (AvgIpc) is 2.36. The van der Waals surface area contributed by atoms with Gasteiger partial charge in [-0.15, -0.1) is 0 Å². The number of hydrogen-bond donors (Lipinski definition) is 1. The summed E-state index contributed by atoms with van der Waals surface area (Å²) < 4.78 is 24.0. The van der Waals surface area contributed by atoms with Crippen LogP contribution in [-0.2, 0) is 0 Å².